The molecule has 2 aliphatic rings. The predicted octanol–water partition coefficient (Wildman–Crippen LogP) is 2.12. The van der Waals surface area contributed by atoms with Crippen LogP contribution in [0.5, 0.6) is 0 Å². The van der Waals surface area contributed by atoms with Gasteiger partial charge in [-0.15, -0.1) is 0 Å². The van der Waals surface area contributed by atoms with E-state index in [-0.39, 0.29) is 5.91 Å². The molecule has 0 bridgehead atoms. The number of hydrogen-bond acceptors (Lipinski definition) is 3. The Hall–Kier alpha value is -2.04. The molecule has 0 radical (unpaired) electrons. The van der Waals surface area contributed by atoms with Gasteiger partial charge in [-0.05, 0) is 37.8 Å². The van der Waals surface area contributed by atoms with E-state index in [1.165, 1.54) is 12.8 Å². The molecule has 1 saturated carbocycles. The van der Waals surface area contributed by atoms with Crippen LogP contribution in [0.3, 0.4) is 0 Å². The maximum Gasteiger partial charge on any atom is 0.242 e. The number of anilines is 1. The zero-order valence-corrected chi connectivity index (χ0v) is 12.1. The second-order valence-corrected chi connectivity index (χ2v) is 6.13. The largest absolute Gasteiger partial charge is 0.397 e. The summed E-state index contributed by atoms with van der Waals surface area (Å²) in [6.45, 7) is 2.19. The lowest BCUT2D eigenvalue weighted by Gasteiger charge is -2.17. The molecule has 0 unspecified atom stereocenters. The van der Waals surface area contributed by atoms with Crippen molar-refractivity contribution in [3.63, 3.8) is 0 Å². The highest BCUT2D eigenvalue weighted by Crippen LogP contribution is 2.41. The van der Waals surface area contributed by atoms with E-state index in [0.717, 1.165) is 42.8 Å². The van der Waals surface area contributed by atoms with Crippen molar-refractivity contribution in [3.8, 4) is 0 Å². The van der Waals surface area contributed by atoms with Gasteiger partial charge in [-0.3, -0.25) is 4.79 Å². The number of aromatic nitrogens is 2. The van der Waals surface area contributed by atoms with E-state index >= 15 is 0 Å². The topological polar surface area (TPSA) is 64.1 Å². The molecule has 0 atom stereocenters. The van der Waals surface area contributed by atoms with E-state index in [9.17, 15) is 4.79 Å². The number of amides is 1. The van der Waals surface area contributed by atoms with Gasteiger partial charge in [0.15, 0.2) is 0 Å². The van der Waals surface area contributed by atoms with Crippen LogP contribution in [0, 0.1) is 0 Å². The first-order valence-corrected chi connectivity index (χ1v) is 7.76. The van der Waals surface area contributed by atoms with Crippen LogP contribution in [0.1, 0.15) is 37.4 Å². The number of benzene rings is 1. The monoisotopic (exact) mass is 284 g/mol. The lowest BCUT2D eigenvalue weighted by atomic mass is 10.2. The van der Waals surface area contributed by atoms with Crippen LogP contribution in [0.2, 0.25) is 0 Å². The lowest BCUT2D eigenvalue weighted by molar-refractivity contribution is -0.130. The Morgan fingerprint density at radius 2 is 2.05 bits per heavy atom. The Morgan fingerprint density at radius 3 is 2.76 bits per heavy atom. The number of carbonyl (C=O) groups excluding carboxylic acids is 1. The number of likely N-dealkylation sites (tertiary alicyclic amines) is 1. The fourth-order valence-electron chi connectivity index (χ4n) is 3.21. The summed E-state index contributed by atoms with van der Waals surface area (Å²) in [4.78, 5) is 19.2. The molecule has 2 fully saturated rings. The molecule has 1 aliphatic carbocycles. The minimum atomic E-state index is 0.205. The number of nitrogens with zero attached hydrogens (tertiary/aromatic N) is 3. The molecule has 1 aromatic carbocycles. The zero-order chi connectivity index (χ0) is 14.4. The molecule has 21 heavy (non-hydrogen) atoms. The van der Waals surface area contributed by atoms with Gasteiger partial charge in [0.05, 0.1) is 11.2 Å². The van der Waals surface area contributed by atoms with E-state index in [4.69, 9.17) is 10.7 Å². The third-order valence-corrected chi connectivity index (χ3v) is 4.53. The molecule has 2 N–H and O–H groups in total. The summed E-state index contributed by atoms with van der Waals surface area (Å²) < 4.78 is 2.09. The molecule has 1 amide bonds. The van der Waals surface area contributed by atoms with Gasteiger partial charge in [-0.2, -0.15) is 0 Å². The third kappa shape index (κ3) is 2.17. The van der Waals surface area contributed by atoms with Gasteiger partial charge in [0, 0.05) is 19.0 Å². The second kappa shape index (κ2) is 4.76. The maximum absolute atomic E-state index is 12.5. The first kappa shape index (κ1) is 12.7. The first-order chi connectivity index (χ1) is 10.2. The minimum Gasteiger partial charge on any atom is -0.397 e. The van der Waals surface area contributed by atoms with Gasteiger partial charge in [-0.1, -0.05) is 6.07 Å². The van der Waals surface area contributed by atoms with Crippen molar-refractivity contribution in [2.45, 2.75) is 38.1 Å². The van der Waals surface area contributed by atoms with Crippen LogP contribution < -0.4 is 5.73 Å². The summed E-state index contributed by atoms with van der Waals surface area (Å²) in [6, 6.07) is 5.83. The molecule has 2 heterocycles. The van der Waals surface area contributed by atoms with Crippen molar-refractivity contribution in [3.05, 3.63) is 24.0 Å². The molecular weight excluding hydrogens is 264 g/mol. The predicted molar refractivity (Wildman–Crippen MR) is 81.9 cm³/mol. The van der Waals surface area contributed by atoms with Crippen LogP contribution in [0.4, 0.5) is 5.69 Å². The van der Waals surface area contributed by atoms with Crippen molar-refractivity contribution in [1.82, 2.24) is 14.5 Å². The molecule has 110 valence electrons. The molecule has 1 aromatic heterocycles. The van der Waals surface area contributed by atoms with Crippen molar-refractivity contribution >= 4 is 22.6 Å². The van der Waals surface area contributed by atoms with E-state index in [1.807, 2.05) is 23.1 Å². The Labute approximate surface area is 123 Å². The van der Waals surface area contributed by atoms with Crippen LogP contribution in [-0.4, -0.2) is 33.4 Å². The van der Waals surface area contributed by atoms with E-state index in [0.29, 0.717) is 18.2 Å². The van der Waals surface area contributed by atoms with Crippen LogP contribution in [0.25, 0.3) is 11.0 Å². The molecule has 1 saturated heterocycles. The van der Waals surface area contributed by atoms with E-state index in [2.05, 4.69) is 4.57 Å². The molecule has 1 aliphatic heterocycles. The second-order valence-electron chi connectivity index (χ2n) is 6.13. The standard InChI is InChI=1S/C16H20N4O/c17-12-4-3-5-13-15(12)18-16(11-6-7-11)20(13)10-14(21)19-8-1-2-9-19/h3-5,11H,1-2,6-10,17H2. The number of rotatable bonds is 3. The van der Waals surface area contributed by atoms with Gasteiger partial charge in [0.25, 0.3) is 0 Å². The summed E-state index contributed by atoms with van der Waals surface area (Å²) >= 11 is 0. The summed E-state index contributed by atoms with van der Waals surface area (Å²) in [7, 11) is 0. The average Bonchev–Trinajstić information content (AvgIpc) is 3.03. The van der Waals surface area contributed by atoms with Crippen molar-refractivity contribution in [1.29, 1.82) is 0 Å². The van der Waals surface area contributed by atoms with Crippen molar-refractivity contribution in [2.24, 2.45) is 0 Å². The lowest BCUT2D eigenvalue weighted by Crippen LogP contribution is -2.31. The highest BCUT2D eigenvalue weighted by Gasteiger charge is 2.31. The number of imidazole rings is 1. The van der Waals surface area contributed by atoms with Gasteiger partial charge >= 0.3 is 0 Å². The molecule has 4 rings (SSSR count). The van der Waals surface area contributed by atoms with Gasteiger partial charge in [-0.25, -0.2) is 4.98 Å². The quantitative estimate of drug-likeness (QED) is 0.878. The van der Waals surface area contributed by atoms with Gasteiger partial charge in [0.1, 0.15) is 17.9 Å². The number of hydrogen-bond donors (Lipinski definition) is 1. The Balaban J connectivity index is 1.73. The molecule has 2 aromatic rings. The van der Waals surface area contributed by atoms with E-state index in [1.54, 1.807) is 0 Å². The third-order valence-electron chi connectivity index (χ3n) is 4.53. The van der Waals surface area contributed by atoms with Gasteiger partial charge < -0.3 is 15.2 Å². The zero-order valence-electron chi connectivity index (χ0n) is 12.1. The number of fused-ring (bicyclic) bond motifs is 1. The Bertz CT molecular complexity index is 696. The fourth-order valence-corrected chi connectivity index (χ4v) is 3.21. The summed E-state index contributed by atoms with van der Waals surface area (Å²) in [5.41, 5.74) is 8.57. The van der Waals surface area contributed by atoms with Crippen LogP contribution in [-0.2, 0) is 11.3 Å². The molecule has 5 nitrogen and oxygen atoms in total. The Morgan fingerprint density at radius 1 is 1.29 bits per heavy atom. The minimum absolute atomic E-state index is 0.205. The maximum atomic E-state index is 12.5. The normalized spacial score (nSPS) is 18.6. The highest BCUT2D eigenvalue weighted by molar-refractivity contribution is 5.89. The van der Waals surface area contributed by atoms with Gasteiger partial charge in [0.2, 0.25) is 5.91 Å². The smallest absolute Gasteiger partial charge is 0.242 e. The Kier molecular flexibility index (Phi) is 2.87. The van der Waals surface area contributed by atoms with Crippen LogP contribution >= 0.6 is 0 Å². The molecule has 5 heteroatoms. The first-order valence-electron chi connectivity index (χ1n) is 7.76. The van der Waals surface area contributed by atoms with Crippen molar-refractivity contribution < 1.29 is 4.79 Å². The molecule has 0 spiro atoms. The summed E-state index contributed by atoms with van der Waals surface area (Å²) in [5.74, 6) is 1.75. The summed E-state index contributed by atoms with van der Waals surface area (Å²) in [6.07, 6.45) is 4.58. The number of carbonyl (C=O) groups is 1. The van der Waals surface area contributed by atoms with E-state index < -0.39 is 0 Å². The highest BCUT2D eigenvalue weighted by atomic mass is 16.2. The fraction of sp³-hybridized carbons (Fsp3) is 0.500. The SMILES string of the molecule is Nc1cccc2c1nc(C1CC1)n2CC(=O)N1CCCC1. The average molecular weight is 284 g/mol. The number of para-hydroxylation sites is 1. The number of nitrogens with two attached hydrogens (primary N) is 1. The van der Waals surface area contributed by atoms with Crippen molar-refractivity contribution in [2.75, 3.05) is 18.8 Å². The molecular formula is C16H20N4O. The van der Waals surface area contributed by atoms with Crippen LogP contribution in [0.15, 0.2) is 18.2 Å². The number of nitrogen functional groups attached to an aromatic ring is 1. The summed E-state index contributed by atoms with van der Waals surface area (Å²) in [5, 5.41) is 0.